The largest absolute Gasteiger partial charge is 0.264 e. The maximum absolute atomic E-state index is 4.65. The molecule has 1 aromatic heterocycles. The van der Waals surface area contributed by atoms with Crippen LogP contribution in [0.25, 0.3) is 0 Å². The average Bonchev–Trinajstić information content (AvgIpc) is 2.61. The molecule has 2 aromatic carbocycles. The topological polar surface area (TPSA) is 25.2 Å². The second-order valence-electron chi connectivity index (χ2n) is 4.65. The molecule has 0 aliphatic carbocycles. The zero-order chi connectivity index (χ0) is 15.0. The summed E-state index contributed by atoms with van der Waals surface area (Å²) in [6.07, 6.45) is 3.52. The first-order valence-electron chi connectivity index (χ1n) is 7.03. The highest BCUT2D eigenvalue weighted by Crippen LogP contribution is 2.12. The van der Waals surface area contributed by atoms with Gasteiger partial charge in [0.25, 0.3) is 0 Å². The number of para-hydroxylation sites is 1. The summed E-state index contributed by atoms with van der Waals surface area (Å²) in [4.78, 5) is 8.80. The molecule has 0 N–H and O–H groups in total. The monoisotopic (exact) mass is 282 g/mol. The summed E-state index contributed by atoms with van der Waals surface area (Å²) in [5.41, 5.74) is 3.47. The molecule has 0 unspecified atom stereocenters. The summed E-state index contributed by atoms with van der Waals surface area (Å²) in [5, 5.41) is 0. The van der Waals surface area contributed by atoms with E-state index in [0.717, 1.165) is 16.8 Å². The van der Waals surface area contributed by atoms with Crippen LogP contribution in [0.4, 0.5) is 5.69 Å². The minimum atomic E-state index is 0.711. The fourth-order valence-electron chi connectivity index (χ4n) is 1.95. The van der Waals surface area contributed by atoms with Crippen molar-refractivity contribution in [3.63, 3.8) is 0 Å². The van der Waals surface area contributed by atoms with Crippen molar-refractivity contribution in [3.05, 3.63) is 96.3 Å². The van der Waals surface area contributed by atoms with Gasteiger partial charge in [0, 0.05) is 23.5 Å². The molecule has 0 radical (unpaired) electrons. The van der Waals surface area contributed by atoms with Gasteiger partial charge in [-0.1, -0.05) is 42.3 Å². The zero-order valence-corrected chi connectivity index (χ0v) is 12.0. The van der Waals surface area contributed by atoms with Gasteiger partial charge in [0.1, 0.15) is 5.71 Å². The third kappa shape index (κ3) is 3.68. The number of benzene rings is 2. The Morgan fingerprint density at radius 3 is 2.23 bits per heavy atom. The van der Waals surface area contributed by atoms with Crippen LogP contribution in [-0.2, 0) is 0 Å². The van der Waals surface area contributed by atoms with E-state index in [1.165, 1.54) is 0 Å². The van der Waals surface area contributed by atoms with Crippen molar-refractivity contribution in [1.29, 1.82) is 0 Å². The van der Waals surface area contributed by atoms with Gasteiger partial charge < -0.3 is 0 Å². The second kappa shape index (κ2) is 7.01. The number of aliphatic imine (C=N–C) groups is 1. The lowest BCUT2D eigenvalue weighted by Crippen LogP contribution is -1.97. The Morgan fingerprint density at radius 2 is 1.55 bits per heavy atom. The molecule has 0 fully saturated rings. The third-order valence-corrected chi connectivity index (χ3v) is 3.03. The lowest BCUT2D eigenvalue weighted by Gasteiger charge is -1.99. The van der Waals surface area contributed by atoms with Crippen LogP contribution in [0.1, 0.15) is 11.1 Å². The molecule has 0 spiro atoms. The van der Waals surface area contributed by atoms with Crippen molar-refractivity contribution in [2.75, 3.05) is 0 Å². The van der Waals surface area contributed by atoms with E-state index in [1.54, 1.807) is 12.4 Å². The molecule has 0 saturated heterocycles. The Morgan fingerprint density at radius 1 is 0.818 bits per heavy atom. The maximum Gasteiger partial charge on any atom is 0.122 e. The van der Waals surface area contributed by atoms with Crippen LogP contribution in [0.3, 0.4) is 0 Å². The standard InChI is InChI=1S/C20H14N2/c1-3-8-17(9-4-1)13-14-20(18-10-7-15-21-16-18)22-19-11-5-2-6-12-19/h1-12,15-16H. The number of nitrogens with zero attached hydrogens (tertiary/aromatic N) is 2. The molecule has 0 bridgehead atoms. The number of hydrogen-bond donors (Lipinski definition) is 0. The van der Waals surface area contributed by atoms with Gasteiger partial charge in [-0.05, 0) is 42.3 Å². The maximum atomic E-state index is 4.65. The van der Waals surface area contributed by atoms with Crippen molar-refractivity contribution in [1.82, 2.24) is 4.98 Å². The van der Waals surface area contributed by atoms with E-state index in [1.807, 2.05) is 72.8 Å². The number of rotatable bonds is 2. The van der Waals surface area contributed by atoms with Gasteiger partial charge in [-0.25, -0.2) is 4.99 Å². The number of aromatic nitrogens is 1. The normalized spacial score (nSPS) is 10.6. The first kappa shape index (κ1) is 13.8. The molecule has 3 aromatic rings. The first-order valence-corrected chi connectivity index (χ1v) is 7.03. The summed E-state index contributed by atoms with van der Waals surface area (Å²) in [6.45, 7) is 0. The molecule has 2 nitrogen and oxygen atoms in total. The fraction of sp³-hybridized carbons (Fsp3) is 0. The van der Waals surface area contributed by atoms with Gasteiger partial charge in [-0.2, -0.15) is 0 Å². The van der Waals surface area contributed by atoms with Gasteiger partial charge in [0.2, 0.25) is 0 Å². The molecule has 22 heavy (non-hydrogen) atoms. The van der Waals surface area contributed by atoms with E-state index < -0.39 is 0 Å². The number of pyridine rings is 1. The molecule has 0 atom stereocenters. The lowest BCUT2D eigenvalue weighted by molar-refractivity contribution is 1.31. The van der Waals surface area contributed by atoms with Crippen molar-refractivity contribution in [2.24, 2.45) is 4.99 Å². The van der Waals surface area contributed by atoms with Crippen molar-refractivity contribution < 1.29 is 0 Å². The van der Waals surface area contributed by atoms with Crippen LogP contribution in [0.15, 0.2) is 90.2 Å². The predicted molar refractivity (Wildman–Crippen MR) is 90.2 cm³/mol. The molecule has 0 amide bonds. The van der Waals surface area contributed by atoms with Gasteiger partial charge >= 0.3 is 0 Å². The molecule has 0 aliphatic rings. The van der Waals surface area contributed by atoms with E-state index in [2.05, 4.69) is 21.8 Å². The van der Waals surface area contributed by atoms with Gasteiger partial charge in [-0.15, -0.1) is 0 Å². The highest BCUT2D eigenvalue weighted by atomic mass is 14.7. The Balaban J connectivity index is 2.01. The van der Waals surface area contributed by atoms with Crippen LogP contribution >= 0.6 is 0 Å². The summed E-state index contributed by atoms with van der Waals surface area (Å²) in [5.74, 6) is 6.32. The van der Waals surface area contributed by atoms with Gasteiger partial charge in [-0.3, -0.25) is 4.98 Å². The Kier molecular flexibility index (Phi) is 4.39. The predicted octanol–water partition coefficient (Wildman–Crippen LogP) is 4.25. The van der Waals surface area contributed by atoms with Crippen LogP contribution in [0.5, 0.6) is 0 Å². The van der Waals surface area contributed by atoms with Crippen LogP contribution < -0.4 is 0 Å². The molecular weight excluding hydrogens is 268 g/mol. The Bertz CT molecular complexity index is 811. The van der Waals surface area contributed by atoms with Crippen molar-refractivity contribution in [3.8, 4) is 11.8 Å². The molecule has 2 heteroatoms. The molecule has 0 saturated carbocycles. The quantitative estimate of drug-likeness (QED) is 0.509. The van der Waals surface area contributed by atoms with E-state index >= 15 is 0 Å². The highest BCUT2D eigenvalue weighted by molar-refractivity contribution is 6.14. The third-order valence-electron chi connectivity index (χ3n) is 3.03. The minimum absolute atomic E-state index is 0.711. The first-order chi connectivity index (χ1) is 10.9. The van der Waals surface area contributed by atoms with Crippen LogP contribution in [0, 0.1) is 11.8 Å². The Hall–Kier alpha value is -3.18. The SMILES string of the molecule is C(#Cc1ccccc1)C(=Nc1ccccc1)c1cccnc1. The van der Waals surface area contributed by atoms with Gasteiger partial charge in [0.05, 0.1) is 5.69 Å². The van der Waals surface area contributed by atoms with E-state index in [-0.39, 0.29) is 0 Å². The minimum Gasteiger partial charge on any atom is -0.264 e. The molecule has 0 aliphatic heterocycles. The molecule has 104 valence electrons. The average molecular weight is 282 g/mol. The summed E-state index contributed by atoms with van der Waals surface area (Å²) < 4.78 is 0. The zero-order valence-electron chi connectivity index (χ0n) is 12.0. The number of hydrogen-bond acceptors (Lipinski definition) is 2. The summed E-state index contributed by atoms with van der Waals surface area (Å²) in [6, 6.07) is 23.6. The van der Waals surface area contributed by atoms with Crippen molar-refractivity contribution >= 4 is 11.4 Å². The van der Waals surface area contributed by atoms with Gasteiger partial charge in [0.15, 0.2) is 0 Å². The molecule has 3 rings (SSSR count). The molecular formula is C20H14N2. The second-order valence-corrected chi connectivity index (χ2v) is 4.65. The summed E-state index contributed by atoms with van der Waals surface area (Å²) >= 11 is 0. The Labute approximate surface area is 130 Å². The molecule has 1 heterocycles. The fourth-order valence-corrected chi connectivity index (χ4v) is 1.95. The van der Waals surface area contributed by atoms with Crippen LogP contribution in [-0.4, -0.2) is 10.7 Å². The highest BCUT2D eigenvalue weighted by Gasteiger charge is 2.00. The smallest absolute Gasteiger partial charge is 0.122 e. The van der Waals surface area contributed by atoms with E-state index in [9.17, 15) is 0 Å². The van der Waals surface area contributed by atoms with E-state index in [4.69, 9.17) is 0 Å². The summed E-state index contributed by atoms with van der Waals surface area (Å²) in [7, 11) is 0. The lowest BCUT2D eigenvalue weighted by atomic mass is 10.1. The van der Waals surface area contributed by atoms with E-state index in [0.29, 0.717) is 5.71 Å². The van der Waals surface area contributed by atoms with Crippen molar-refractivity contribution in [2.45, 2.75) is 0 Å². The van der Waals surface area contributed by atoms with Crippen LogP contribution in [0.2, 0.25) is 0 Å².